The average molecular weight is 328 g/mol. The van der Waals surface area contributed by atoms with Gasteiger partial charge in [0.15, 0.2) is 0 Å². The SMILES string of the molecule is C[C@H](O)c1ccc(N(C)C2CCCCC2O)c(Br)c1. The van der Waals surface area contributed by atoms with E-state index in [1.165, 1.54) is 6.42 Å². The molecule has 2 rings (SSSR count). The van der Waals surface area contributed by atoms with Gasteiger partial charge in [0.05, 0.1) is 23.9 Å². The number of hydrogen-bond acceptors (Lipinski definition) is 3. The summed E-state index contributed by atoms with van der Waals surface area (Å²) in [4.78, 5) is 2.15. The van der Waals surface area contributed by atoms with Crippen LogP contribution in [0.4, 0.5) is 5.69 Å². The first-order valence-corrected chi connectivity index (χ1v) is 7.68. The summed E-state index contributed by atoms with van der Waals surface area (Å²) in [5.74, 6) is 0. The van der Waals surface area contributed by atoms with Gasteiger partial charge in [-0.25, -0.2) is 0 Å². The molecule has 0 spiro atoms. The molecule has 0 aromatic heterocycles. The number of aliphatic hydroxyl groups is 2. The first-order chi connectivity index (χ1) is 9.00. The molecule has 19 heavy (non-hydrogen) atoms. The van der Waals surface area contributed by atoms with Crippen LogP contribution in [0.15, 0.2) is 22.7 Å². The summed E-state index contributed by atoms with van der Waals surface area (Å²) in [6, 6.07) is 6.08. The number of halogens is 1. The van der Waals surface area contributed by atoms with Crippen LogP contribution in [0.5, 0.6) is 0 Å². The number of rotatable bonds is 3. The molecule has 1 aliphatic rings. The molecule has 0 saturated heterocycles. The summed E-state index contributed by atoms with van der Waals surface area (Å²) < 4.78 is 0.964. The van der Waals surface area contributed by atoms with E-state index in [9.17, 15) is 10.2 Å². The van der Waals surface area contributed by atoms with Crippen LogP contribution >= 0.6 is 15.9 Å². The summed E-state index contributed by atoms with van der Waals surface area (Å²) in [6.45, 7) is 1.76. The maximum absolute atomic E-state index is 10.1. The Morgan fingerprint density at radius 1 is 1.32 bits per heavy atom. The van der Waals surface area contributed by atoms with Gasteiger partial charge in [0.1, 0.15) is 0 Å². The van der Waals surface area contributed by atoms with Crippen LogP contribution in [-0.2, 0) is 0 Å². The van der Waals surface area contributed by atoms with Crippen LogP contribution in [0, 0.1) is 0 Å². The second-order valence-electron chi connectivity index (χ2n) is 5.42. The highest BCUT2D eigenvalue weighted by atomic mass is 79.9. The van der Waals surface area contributed by atoms with Crippen LogP contribution in [0.3, 0.4) is 0 Å². The van der Waals surface area contributed by atoms with E-state index in [2.05, 4.69) is 20.8 Å². The zero-order chi connectivity index (χ0) is 14.0. The fraction of sp³-hybridized carbons (Fsp3) is 0.600. The third-order valence-electron chi connectivity index (χ3n) is 4.03. The van der Waals surface area contributed by atoms with Crippen molar-refractivity contribution in [2.75, 3.05) is 11.9 Å². The summed E-state index contributed by atoms with van der Waals surface area (Å²) in [6.07, 6.45) is 3.50. The molecule has 1 aromatic carbocycles. The molecular weight excluding hydrogens is 306 g/mol. The molecule has 1 aliphatic carbocycles. The average Bonchev–Trinajstić information content (AvgIpc) is 2.38. The highest BCUT2D eigenvalue weighted by Crippen LogP contribution is 2.33. The van der Waals surface area contributed by atoms with Crippen molar-refractivity contribution in [3.63, 3.8) is 0 Å². The van der Waals surface area contributed by atoms with Gasteiger partial charge >= 0.3 is 0 Å². The van der Waals surface area contributed by atoms with Crippen molar-refractivity contribution < 1.29 is 10.2 Å². The molecule has 0 aliphatic heterocycles. The number of nitrogens with zero attached hydrogens (tertiary/aromatic N) is 1. The van der Waals surface area contributed by atoms with Crippen molar-refractivity contribution in [1.29, 1.82) is 0 Å². The topological polar surface area (TPSA) is 43.7 Å². The van der Waals surface area contributed by atoms with Crippen molar-refractivity contribution in [2.45, 2.75) is 50.9 Å². The first-order valence-electron chi connectivity index (χ1n) is 6.89. The number of likely N-dealkylation sites (N-methyl/N-ethyl adjacent to an activating group) is 1. The van der Waals surface area contributed by atoms with E-state index in [0.29, 0.717) is 0 Å². The Kier molecular flexibility index (Phi) is 4.87. The Morgan fingerprint density at radius 2 is 2.00 bits per heavy atom. The maximum Gasteiger partial charge on any atom is 0.0762 e. The van der Waals surface area contributed by atoms with Crippen LogP contribution in [-0.4, -0.2) is 29.4 Å². The molecule has 0 bridgehead atoms. The maximum atomic E-state index is 10.1. The van der Waals surface area contributed by atoms with Crippen LogP contribution in [0.1, 0.15) is 44.3 Å². The minimum Gasteiger partial charge on any atom is -0.391 e. The summed E-state index contributed by atoms with van der Waals surface area (Å²) in [5.41, 5.74) is 1.96. The lowest BCUT2D eigenvalue weighted by molar-refractivity contribution is 0.106. The van der Waals surface area contributed by atoms with E-state index in [1.54, 1.807) is 6.92 Å². The first kappa shape index (κ1) is 14.8. The molecule has 1 saturated carbocycles. The fourth-order valence-corrected chi connectivity index (χ4v) is 3.47. The predicted molar refractivity (Wildman–Crippen MR) is 81.4 cm³/mol. The molecule has 0 amide bonds. The van der Waals surface area contributed by atoms with E-state index in [-0.39, 0.29) is 12.1 Å². The molecule has 1 aromatic rings. The molecule has 3 atom stereocenters. The zero-order valence-electron chi connectivity index (χ0n) is 11.5. The lowest BCUT2D eigenvalue weighted by Crippen LogP contribution is -2.43. The van der Waals surface area contributed by atoms with E-state index in [0.717, 1.165) is 35.0 Å². The lowest BCUT2D eigenvalue weighted by atomic mass is 9.91. The Morgan fingerprint density at radius 3 is 2.58 bits per heavy atom. The second kappa shape index (κ2) is 6.25. The van der Waals surface area contributed by atoms with E-state index in [1.807, 2.05) is 25.2 Å². The molecule has 3 nitrogen and oxygen atoms in total. The van der Waals surface area contributed by atoms with Gasteiger partial charge in [-0.05, 0) is 53.4 Å². The van der Waals surface area contributed by atoms with Gasteiger partial charge in [0.25, 0.3) is 0 Å². The Hall–Kier alpha value is -0.580. The number of benzene rings is 1. The summed E-state index contributed by atoms with van der Waals surface area (Å²) in [7, 11) is 2.03. The largest absolute Gasteiger partial charge is 0.391 e. The van der Waals surface area contributed by atoms with Gasteiger partial charge in [0, 0.05) is 11.5 Å². The molecule has 106 valence electrons. The van der Waals surface area contributed by atoms with Gasteiger partial charge in [-0.1, -0.05) is 18.9 Å². The van der Waals surface area contributed by atoms with Crippen molar-refractivity contribution in [2.24, 2.45) is 0 Å². The second-order valence-corrected chi connectivity index (χ2v) is 6.27. The van der Waals surface area contributed by atoms with Gasteiger partial charge in [-0.15, -0.1) is 0 Å². The normalized spacial score (nSPS) is 25.1. The van der Waals surface area contributed by atoms with E-state index >= 15 is 0 Å². The monoisotopic (exact) mass is 327 g/mol. The highest BCUT2D eigenvalue weighted by molar-refractivity contribution is 9.10. The fourth-order valence-electron chi connectivity index (χ4n) is 2.79. The number of anilines is 1. The molecule has 1 fully saturated rings. The Bertz CT molecular complexity index is 436. The quantitative estimate of drug-likeness (QED) is 0.895. The van der Waals surface area contributed by atoms with E-state index < -0.39 is 6.10 Å². The number of hydrogen-bond donors (Lipinski definition) is 2. The van der Waals surface area contributed by atoms with Gasteiger partial charge in [-0.3, -0.25) is 0 Å². The van der Waals surface area contributed by atoms with Crippen molar-refractivity contribution >= 4 is 21.6 Å². The molecule has 0 heterocycles. The highest BCUT2D eigenvalue weighted by Gasteiger charge is 2.27. The third-order valence-corrected chi connectivity index (χ3v) is 4.66. The number of aliphatic hydroxyl groups excluding tert-OH is 2. The van der Waals surface area contributed by atoms with Crippen LogP contribution < -0.4 is 4.90 Å². The van der Waals surface area contributed by atoms with Gasteiger partial charge in [0.2, 0.25) is 0 Å². The Balaban J connectivity index is 2.21. The van der Waals surface area contributed by atoms with Crippen LogP contribution in [0.2, 0.25) is 0 Å². The van der Waals surface area contributed by atoms with Crippen molar-refractivity contribution in [3.05, 3.63) is 28.2 Å². The van der Waals surface area contributed by atoms with Crippen molar-refractivity contribution in [3.8, 4) is 0 Å². The zero-order valence-corrected chi connectivity index (χ0v) is 13.1. The standard InChI is InChI=1S/C15H22BrNO2/c1-10(18)11-7-8-13(12(16)9-11)17(2)14-5-3-4-6-15(14)19/h7-10,14-15,18-19H,3-6H2,1-2H3/t10-,14?,15?/m0/s1. The molecule has 4 heteroatoms. The Labute approximate surface area is 123 Å². The van der Waals surface area contributed by atoms with Crippen molar-refractivity contribution in [1.82, 2.24) is 0 Å². The van der Waals surface area contributed by atoms with Gasteiger partial charge in [-0.2, -0.15) is 0 Å². The molecule has 2 unspecified atom stereocenters. The molecule has 0 radical (unpaired) electrons. The van der Waals surface area contributed by atoms with E-state index in [4.69, 9.17) is 0 Å². The van der Waals surface area contributed by atoms with Gasteiger partial charge < -0.3 is 15.1 Å². The minimum atomic E-state index is -0.462. The lowest BCUT2D eigenvalue weighted by Gasteiger charge is -2.37. The smallest absolute Gasteiger partial charge is 0.0762 e. The third kappa shape index (κ3) is 3.30. The molecular formula is C15H22BrNO2. The minimum absolute atomic E-state index is 0.183. The summed E-state index contributed by atoms with van der Waals surface area (Å²) in [5, 5.41) is 19.7. The predicted octanol–water partition coefficient (Wildman–Crippen LogP) is 3.24. The summed E-state index contributed by atoms with van der Waals surface area (Å²) >= 11 is 3.57. The molecule has 2 N–H and O–H groups in total. The van der Waals surface area contributed by atoms with Crippen LogP contribution in [0.25, 0.3) is 0 Å².